The summed E-state index contributed by atoms with van der Waals surface area (Å²) in [5.41, 5.74) is 0.786. The molecular formula is C10H15NaO4S. The molecule has 0 aromatic heterocycles. The number of rotatable bonds is 5. The first-order chi connectivity index (χ1) is 6.99. The van der Waals surface area contributed by atoms with Gasteiger partial charge in [-0.1, -0.05) is 30.3 Å². The second-order valence-corrected chi connectivity index (χ2v) is 4.55. The minimum absolute atomic E-state index is 0. The monoisotopic (exact) mass is 254 g/mol. The Bertz CT molecular complexity index is 394. The third-order valence-corrected chi connectivity index (χ3v) is 2.55. The average molecular weight is 254 g/mol. The predicted molar refractivity (Wildman–Crippen MR) is 57.5 cm³/mol. The normalized spacial score (nSPS) is 11.2. The van der Waals surface area contributed by atoms with Crippen molar-refractivity contribution < 1.29 is 47.8 Å². The molecule has 0 atom stereocenters. The maximum atomic E-state index is 11.2. The molecule has 0 radical (unpaired) electrons. The summed E-state index contributed by atoms with van der Waals surface area (Å²) < 4.78 is 31.6. The molecule has 0 fully saturated rings. The first-order valence-electron chi connectivity index (χ1n) is 4.61. The third kappa shape index (κ3) is 6.62. The summed E-state index contributed by atoms with van der Waals surface area (Å²) in [4.78, 5) is 0. The fraction of sp³-hybridized carbons (Fsp3) is 0.400. The van der Waals surface area contributed by atoms with Crippen LogP contribution in [0.15, 0.2) is 30.3 Å². The van der Waals surface area contributed by atoms with Gasteiger partial charge in [-0.15, -0.1) is 0 Å². The summed E-state index contributed by atoms with van der Waals surface area (Å²) in [7, 11) is -3.88. The van der Waals surface area contributed by atoms with Gasteiger partial charge in [0.2, 0.25) is 0 Å². The van der Waals surface area contributed by atoms with Gasteiger partial charge in [0, 0.05) is 0 Å². The summed E-state index contributed by atoms with van der Waals surface area (Å²) in [6.07, 6.45) is -0.411. The van der Waals surface area contributed by atoms with E-state index in [4.69, 9.17) is 0 Å². The topological polar surface area (TPSA) is 52.6 Å². The van der Waals surface area contributed by atoms with E-state index in [1.165, 1.54) is 0 Å². The van der Waals surface area contributed by atoms with Crippen LogP contribution >= 0.6 is 0 Å². The molecule has 0 N–H and O–H groups in total. The van der Waals surface area contributed by atoms with E-state index in [1.807, 2.05) is 18.2 Å². The van der Waals surface area contributed by atoms with Gasteiger partial charge in [-0.2, -0.15) is 8.42 Å². The van der Waals surface area contributed by atoms with Crippen molar-refractivity contribution in [3.63, 3.8) is 0 Å². The molecular weight excluding hydrogens is 239 g/mol. The smallest absolute Gasteiger partial charge is 1.00 e. The van der Waals surface area contributed by atoms with Crippen LogP contribution in [0.3, 0.4) is 0 Å². The second-order valence-electron chi connectivity index (χ2n) is 3.30. The van der Waals surface area contributed by atoms with E-state index in [0.29, 0.717) is 0 Å². The molecule has 16 heavy (non-hydrogen) atoms. The van der Waals surface area contributed by atoms with Crippen molar-refractivity contribution >= 4 is 10.4 Å². The van der Waals surface area contributed by atoms with Crippen LogP contribution in [0.1, 0.15) is 20.8 Å². The maximum absolute atomic E-state index is 11.2. The van der Waals surface area contributed by atoms with Gasteiger partial charge in [-0.3, -0.25) is 0 Å². The molecule has 0 bridgehead atoms. The fourth-order valence-corrected chi connectivity index (χ4v) is 1.79. The first kappa shape index (κ1) is 16.1. The molecule has 1 rings (SSSR count). The van der Waals surface area contributed by atoms with Crippen LogP contribution in [0, 0.1) is 0 Å². The average Bonchev–Trinajstić information content (AvgIpc) is 2.15. The summed E-state index contributed by atoms with van der Waals surface area (Å²) in [5, 5.41) is 0. The summed E-state index contributed by atoms with van der Waals surface area (Å²) in [6.45, 7) is 3.25. The van der Waals surface area contributed by atoms with Crippen LogP contribution in [0.2, 0.25) is 0 Å². The van der Waals surface area contributed by atoms with Crippen LogP contribution in [0.5, 0.6) is 0 Å². The Morgan fingerprint density at radius 3 is 2.31 bits per heavy atom. The Hall–Kier alpha value is 0.0900. The van der Waals surface area contributed by atoms with Gasteiger partial charge < -0.3 is 1.43 Å². The Morgan fingerprint density at radius 1 is 1.25 bits per heavy atom. The molecule has 0 aliphatic carbocycles. The van der Waals surface area contributed by atoms with E-state index in [-0.39, 0.29) is 37.6 Å². The molecule has 0 amide bonds. The molecule has 6 heteroatoms. The van der Waals surface area contributed by atoms with Gasteiger partial charge in [0.15, 0.2) is 0 Å². The molecule has 0 aliphatic heterocycles. The quantitative estimate of drug-likeness (QED) is 0.632. The minimum Gasteiger partial charge on any atom is -1.00 e. The van der Waals surface area contributed by atoms with Crippen molar-refractivity contribution in [2.24, 2.45) is 0 Å². The maximum Gasteiger partial charge on any atom is 1.00 e. The van der Waals surface area contributed by atoms with Crippen molar-refractivity contribution in [1.82, 2.24) is 0 Å². The van der Waals surface area contributed by atoms with E-state index in [0.717, 1.165) is 5.56 Å². The molecule has 1 aromatic rings. The molecule has 4 nitrogen and oxygen atoms in total. The largest absolute Gasteiger partial charge is 1.00 e. The van der Waals surface area contributed by atoms with Crippen molar-refractivity contribution in [2.75, 3.05) is 0 Å². The third-order valence-electron chi connectivity index (χ3n) is 1.52. The Labute approximate surface area is 120 Å². The van der Waals surface area contributed by atoms with Crippen LogP contribution in [0.4, 0.5) is 0 Å². The van der Waals surface area contributed by atoms with E-state index in [2.05, 4.69) is 8.37 Å². The molecule has 86 valence electrons. The molecule has 0 aliphatic rings. The van der Waals surface area contributed by atoms with Crippen molar-refractivity contribution in [1.29, 1.82) is 0 Å². The predicted octanol–water partition coefficient (Wildman–Crippen LogP) is -1.01. The van der Waals surface area contributed by atoms with Crippen LogP contribution in [0.25, 0.3) is 0 Å². The van der Waals surface area contributed by atoms with Crippen molar-refractivity contribution in [2.45, 2.75) is 26.6 Å². The SMILES string of the molecule is CC(C)OS(=O)(=O)OCc1ccccc1.[H-].[Na+]. The molecule has 1 aromatic carbocycles. The van der Waals surface area contributed by atoms with Gasteiger partial charge >= 0.3 is 40.0 Å². The summed E-state index contributed by atoms with van der Waals surface area (Å²) in [5.74, 6) is 0. The Kier molecular flexibility index (Phi) is 7.46. The van der Waals surface area contributed by atoms with Gasteiger partial charge in [0.25, 0.3) is 0 Å². The number of hydrogen-bond acceptors (Lipinski definition) is 4. The van der Waals surface area contributed by atoms with E-state index < -0.39 is 16.5 Å². The van der Waals surface area contributed by atoms with Crippen LogP contribution < -0.4 is 29.6 Å². The van der Waals surface area contributed by atoms with E-state index in [1.54, 1.807) is 26.0 Å². The standard InChI is InChI=1S/C10H14O4S.Na.H/c1-9(2)14-15(11,12)13-8-10-6-4-3-5-7-10;;/h3-7,9H,8H2,1-2H3;;/q;+1;-1. The zero-order valence-corrected chi connectivity index (χ0v) is 12.5. The van der Waals surface area contributed by atoms with Crippen LogP contribution in [-0.2, 0) is 25.4 Å². The fourth-order valence-electron chi connectivity index (χ4n) is 0.978. The van der Waals surface area contributed by atoms with Gasteiger partial charge in [0.05, 0.1) is 12.7 Å². The van der Waals surface area contributed by atoms with E-state index >= 15 is 0 Å². The van der Waals surface area contributed by atoms with Gasteiger partial charge in [-0.25, -0.2) is 8.37 Å². The summed E-state index contributed by atoms with van der Waals surface area (Å²) >= 11 is 0. The van der Waals surface area contributed by atoms with Crippen LogP contribution in [-0.4, -0.2) is 14.5 Å². The number of hydrogen-bond donors (Lipinski definition) is 0. The van der Waals surface area contributed by atoms with Gasteiger partial charge in [-0.05, 0) is 19.4 Å². The zero-order valence-electron chi connectivity index (χ0n) is 10.7. The number of benzene rings is 1. The molecule has 0 saturated heterocycles. The first-order valence-corrected chi connectivity index (χ1v) is 5.94. The molecule has 0 spiro atoms. The minimum atomic E-state index is -3.88. The Balaban J connectivity index is 0. The molecule has 0 heterocycles. The van der Waals surface area contributed by atoms with Crippen molar-refractivity contribution in [3.05, 3.63) is 35.9 Å². The second kappa shape index (κ2) is 7.42. The van der Waals surface area contributed by atoms with Crippen molar-refractivity contribution in [3.8, 4) is 0 Å². The zero-order chi connectivity index (χ0) is 11.3. The summed E-state index contributed by atoms with van der Waals surface area (Å²) in [6, 6.07) is 9.04. The van der Waals surface area contributed by atoms with E-state index in [9.17, 15) is 8.42 Å². The molecule has 0 saturated carbocycles. The van der Waals surface area contributed by atoms with Gasteiger partial charge in [0.1, 0.15) is 0 Å². The Morgan fingerprint density at radius 2 is 1.81 bits per heavy atom. The molecule has 0 unspecified atom stereocenters.